The van der Waals surface area contributed by atoms with Crippen LogP contribution in [0.2, 0.25) is 0 Å². The quantitative estimate of drug-likeness (QED) is 0.763. The molecule has 0 aliphatic rings. The predicted octanol–water partition coefficient (Wildman–Crippen LogP) is 3.37. The Morgan fingerprint density at radius 1 is 1.06 bits per heavy atom. The molecule has 0 atom stereocenters. The SMILES string of the molecule is COc1ccc(-c2ncc(C)cc2C)cc1. The van der Waals surface area contributed by atoms with Crippen molar-refractivity contribution in [3.8, 4) is 17.0 Å². The third-order valence-electron chi connectivity index (χ3n) is 2.58. The largest absolute Gasteiger partial charge is 0.497 e. The number of methoxy groups -OCH3 is 1. The van der Waals surface area contributed by atoms with Crippen molar-refractivity contribution in [2.75, 3.05) is 7.11 Å². The summed E-state index contributed by atoms with van der Waals surface area (Å²) in [6.07, 6.45) is 1.90. The van der Waals surface area contributed by atoms with E-state index in [0.29, 0.717) is 0 Å². The van der Waals surface area contributed by atoms with Crippen LogP contribution in [-0.2, 0) is 0 Å². The number of rotatable bonds is 2. The highest BCUT2D eigenvalue weighted by atomic mass is 16.5. The van der Waals surface area contributed by atoms with Crippen molar-refractivity contribution in [3.05, 3.63) is 47.7 Å². The van der Waals surface area contributed by atoms with Gasteiger partial charge in [0.1, 0.15) is 5.75 Å². The van der Waals surface area contributed by atoms with Crippen LogP contribution >= 0.6 is 0 Å². The zero-order valence-corrected chi connectivity index (χ0v) is 9.82. The molecule has 1 heterocycles. The number of benzene rings is 1. The molecule has 0 radical (unpaired) electrons. The highest BCUT2D eigenvalue weighted by Crippen LogP contribution is 2.23. The lowest BCUT2D eigenvalue weighted by atomic mass is 10.1. The minimum absolute atomic E-state index is 0.869. The molecular formula is C14H15NO. The van der Waals surface area contributed by atoms with E-state index in [9.17, 15) is 0 Å². The third kappa shape index (κ3) is 2.06. The van der Waals surface area contributed by atoms with Gasteiger partial charge >= 0.3 is 0 Å². The lowest BCUT2D eigenvalue weighted by Gasteiger charge is -2.06. The molecule has 0 aliphatic carbocycles. The zero-order chi connectivity index (χ0) is 11.5. The molecule has 2 heteroatoms. The number of hydrogen-bond donors (Lipinski definition) is 0. The molecule has 0 amide bonds. The lowest BCUT2D eigenvalue weighted by molar-refractivity contribution is 0.415. The van der Waals surface area contributed by atoms with E-state index in [2.05, 4.69) is 24.9 Å². The molecule has 1 aromatic heterocycles. The Morgan fingerprint density at radius 2 is 1.75 bits per heavy atom. The van der Waals surface area contributed by atoms with Crippen molar-refractivity contribution in [2.45, 2.75) is 13.8 Å². The average molecular weight is 213 g/mol. The molecule has 0 bridgehead atoms. The highest BCUT2D eigenvalue weighted by Gasteiger charge is 2.03. The average Bonchev–Trinajstić information content (AvgIpc) is 2.29. The van der Waals surface area contributed by atoms with Crippen LogP contribution in [0.15, 0.2) is 36.5 Å². The monoisotopic (exact) mass is 213 g/mol. The van der Waals surface area contributed by atoms with Crippen LogP contribution in [0.1, 0.15) is 11.1 Å². The summed E-state index contributed by atoms with van der Waals surface area (Å²) in [4.78, 5) is 4.46. The maximum atomic E-state index is 5.13. The summed E-state index contributed by atoms with van der Waals surface area (Å²) in [6.45, 7) is 4.14. The Balaban J connectivity index is 2.42. The van der Waals surface area contributed by atoms with Crippen LogP contribution in [0.3, 0.4) is 0 Å². The fraction of sp³-hybridized carbons (Fsp3) is 0.214. The molecular weight excluding hydrogens is 198 g/mol. The first-order valence-electron chi connectivity index (χ1n) is 5.28. The van der Waals surface area contributed by atoms with Gasteiger partial charge in [0.2, 0.25) is 0 Å². The molecule has 0 saturated carbocycles. The maximum Gasteiger partial charge on any atom is 0.118 e. The van der Waals surface area contributed by atoms with E-state index in [4.69, 9.17) is 4.74 Å². The Hall–Kier alpha value is -1.83. The highest BCUT2D eigenvalue weighted by molar-refractivity contribution is 5.63. The molecule has 82 valence electrons. The minimum Gasteiger partial charge on any atom is -0.497 e. The van der Waals surface area contributed by atoms with Gasteiger partial charge in [-0.2, -0.15) is 0 Å². The van der Waals surface area contributed by atoms with Gasteiger partial charge < -0.3 is 4.74 Å². The predicted molar refractivity (Wildman–Crippen MR) is 65.7 cm³/mol. The van der Waals surface area contributed by atoms with Crippen LogP contribution in [0.4, 0.5) is 0 Å². The van der Waals surface area contributed by atoms with E-state index in [0.717, 1.165) is 17.0 Å². The molecule has 2 aromatic rings. The first-order valence-corrected chi connectivity index (χ1v) is 5.28. The molecule has 0 N–H and O–H groups in total. The van der Waals surface area contributed by atoms with E-state index in [1.807, 2.05) is 30.5 Å². The number of hydrogen-bond acceptors (Lipinski definition) is 2. The van der Waals surface area contributed by atoms with Crippen molar-refractivity contribution in [1.82, 2.24) is 4.98 Å². The number of nitrogens with zero attached hydrogens (tertiary/aromatic N) is 1. The Labute approximate surface area is 95.9 Å². The van der Waals surface area contributed by atoms with E-state index in [1.54, 1.807) is 7.11 Å². The van der Waals surface area contributed by atoms with Crippen LogP contribution in [0, 0.1) is 13.8 Å². The van der Waals surface area contributed by atoms with Crippen molar-refractivity contribution in [2.24, 2.45) is 0 Å². The molecule has 0 fully saturated rings. The fourth-order valence-corrected chi connectivity index (χ4v) is 1.77. The van der Waals surface area contributed by atoms with Gasteiger partial charge in [-0.15, -0.1) is 0 Å². The first-order chi connectivity index (χ1) is 7.70. The van der Waals surface area contributed by atoms with Gasteiger partial charge in [0.05, 0.1) is 12.8 Å². The Kier molecular flexibility index (Phi) is 2.91. The molecule has 0 spiro atoms. The van der Waals surface area contributed by atoms with Gasteiger partial charge in [0.25, 0.3) is 0 Å². The number of ether oxygens (including phenoxy) is 1. The lowest BCUT2D eigenvalue weighted by Crippen LogP contribution is -1.90. The number of aromatic nitrogens is 1. The van der Waals surface area contributed by atoms with Crippen molar-refractivity contribution < 1.29 is 4.74 Å². The summed E-state index contributed by atoms with van der Waals surface area (Å²) >= 11 is 0. The van der Waals surface area contributed by atoms with E-state index in [-0.39, 0.29) is 0 Å². The van der Waals surface area contributed by atoms with Crippen LogP contribution in [0.25, 0.3) is 11.3 Å². The fourth-order valence-electron chi connectivity index (χ4n) is 1.77. The zero-order valence-electron chi connectivity index (χ0n) is 9.82. The van der Waals surface area contributed by atoms with Gasteiger partial charge in [-0.1, -0.05) is 6.07 Å². The topological polar surface area (TPSA) is 22.1 Å². The molecule has 0 unspecified atom stereocenters. The number of pyridine rings is 1. The summed E-state index contributed by atoms with van der Waals surface area (Å²) in [6, 6.07) is 10.1. The van der Waals surface area contributed by atoms with Gasteiger partial charge in [0.15, 0.2) is 0 Å². The van der Waals surface area contributed by atoms with Crippen LogP contribution in [0.5, 0.6) is 5.75 Å². The Morgan fingerprint density at radius 3 is 2.31 bits per heavy atom. The second kappa shape index (κ2) is 4.35. The molecule has 16 heavy (non-hydrogen) atoms. The van der Waals surface area contributed by atoms with E-state index >= 15 is 0 Å². The second-order valence-corrected chi connectivity index (χ2v) is 3.91. The van der Waals surface area contributed by atoms with Crippen LogP contribution in [-0.4, -0.2) is 12.1 Å². The second-order valence-electron chi connectivity index (χ2n) is 3.91. The van der Waals surface area contributed by atoms with Crippen molar-refractivity contribution >= 4 is 0 Å². The smallest absolute Gasteiger partial charge is 0.118 e. The normalized spacial score (nSPS) is 10.2. The van der Waals surface area contributed by atoms with Gasteiger partial charge in [-0.25, -0.2) is 0 Å². The van der Waals surface area contributed by atoms with Gasteiger partial charge in [-0.3, -0.25) is 4.98 Å². The Bertz CT molecular complexity index is 489. The molecule has 1 aromatic carbocycles. The van der Waals surface area contributed by atoms with Crippen molar-refractivity contribution in [3.63, 3.8) is 0 Å². The van der Waals surface area contributed by atoms with Gasteiger partial charge in [0, 0.05) is 11.8 Å². The summed E-state index contributed by atoms with van der Waals surface area (Å²) < 4.78 is 5.13. The molecule has 2 nitrogen and oxygen atoms in total. The maximum absolute atomic E-state index is 5.13. The third-order valence-corrected chi connectivity index (χ3v) is 2.58. The summed E-state index contributed by atoms with van der Waals surface area (Å²) in [5.74, 6) is 0.869. The van der Waals surface area contributed by atoms with Gasteiger partial charge in [-0.05, 0) is 49.2 Å². The minimum atomic E-state index is 0.869. The molecule has 0 aliphatic heterocycles. The van der Waals surface area contributed by atoms with E-state index in [1.165, 1.54) is 11.1 Å². The summed E-state index contributed by atoms with van der Waals surface area (Å²) in [7, 11) is 1.67. The van der Waals surface area contributed by atoms with Crippen molar-refractivity contribution in [1.29, 1.82) is 0 Å². The summed E-state index contributed by atoms with van der Waals surface area (Å²) in [5.41, 5.74) is 4.55. The standard InChI is InChI=1S/C14H15NO/c1-10-8-11(2)14(15-9-10)12-4-6-13(16-3)7-5-12/h4-9H,1-3H3. The first kappa shape index (κ1) is 10.7. The summed E-state index contributed by atoms with van der Waals surface area (Å²) in [5, 5.41) is 0. The van der Waals surface area contributed by atoms with E-state index < -0.39 is 0 Å². The number of aryl methyl sites for hydroxylation is 2. The molecule has 2 rings (SSSR count). The molecule has 0 saturated heterocycles. The van der Waals surface area contributed by atoms with Crippen LogP contribution < -0.4 is 4.74 Å².